The third-order valence-corrected chi connectivity index (χ3v) is 1.34. The Hall–Kier alpha value is -0.0551. The van der Waals surface area contributed by atoms with E-state index in [-0.39, 0.29) is 0 Å². The van der Waals surface area contributed by atoms with Crippen LogP contribution >= 0.6 is 0 Å². The molecule has 0 radical (unpaired) electrons. The second kappa shape index (κ2) is 4.75. The van der Waals surface area contributed by atoms with Crippen LogP contribution in [-0.4, -0.2) is 24.0 Å². The number of hydrogen-bond acceptors (Lipinski definition) is 3. The molecule has 0 aromatic rings. The Morgan fingerprint density at radius 2 is 1.82 bits per heavy atom. The van der Waals surface area contributed by atoms with Crippen molar-refractivity contribution < 1.29 is 14.7 Å². The SMILES string of the molecule is CC(C)(C)CCCOB(O)O. The summed E-state index contributed by atoms with van der Waals surface area (Å²) in [5.41, 5.74) is 0.295. The largest absolute Gasteiger partial charge is 0.633 e. The van der Waals surface area contributed by atoms with Crippen LogP contribution in [0.3, 0.4) is 0 Å². The molecule has 11 heavy (non-hydrogen) atoms. The van der Waals surface area contributed by atoms with Gasteiger partial charge in [0.1, 0.15) is 0 Å². The van der Waals surface area contributed by atoms with E-state index in [0.717, 1.165) is 12.8 Å². The van der Waals surface area contributed by atoms with Crippen LogP contribution in [0.1, 0.15) is 33.6 Å². The molecule has 3 nitrogen and oxygen atoms in total. The zero-order valence-electron chi connectivity index (χ0n) is 7.50. The van der Waals surface area contributed by atoms with Crippen molar-refractivity contribution in [2.45, 2.75) is 33.6 Å². The predicted octanol–water partition coefficient (Wildman–Crippen LogP) is 0.799. The molecule has 0 heterocycles. The Bertz CT molecular complexity index is 98.3. The highest BCUT2D eigenvalue weighted by Gasteiger charge is 2.11. The number of rotatable bonds is 4. The second-order valence-electron chi connectivity index (χ2n) is 3.86. The van der Waals surface area contributed by atoms with Crippen LogP contribution in [0, 0.1) is 5.41 Å². The highest BCUT2D eigenvalue weighted by atomic mass is 16.6. The number of hydrogen-bond donors (Lipinski definition) is 2. The van der Waals surface area contributed by atoms with E-state index in [1.54, 1.807) is 0 Å². The highest BCUT2D eigenvalue weighted by Crippen LogP contribution is 2.20. The monoisotopic (exact) mass is 160 g/mol. The molecule has 0 atom stereocenters. The van der Waals surface area contributed by atoms with Crippen LogP contribution in [0.25, 0.3) is 0 Å². The van der Waals surface area contributed by atoms with Gasteiger partial charge in [-0.1, -0.05) is 20.8 Å². The molecule has 0 aliphatic carbocycles. The first-order chi connectivity index (χ1) is 4.92. The fourth-order valence-electron chi connectivity index (χ4n) is 0.791. The van der Waals surface area contributed by atoms with E-state index in [1.165, 1.54) is 0 Å². The van der Waals surface area contributed by atoms with Gasteiger partial charge in [0.05, 0.1) is 0 Å². The van der Waals surface area contributed by atoms with Crippen molar-refractivity contribution >= 4 is 7.32 Å². The standard InChI is InChI=1S/C7H17BO3/c1-7(2,3)5-4-6-11-8(9)10/h9-10H,4-6H2,1-3H3. The van der Waals surface area contributed by atoms with Gasteiger partial charge in [0.2, 0.25) is 0 Å². The van der Waals surface area contributed by atoms with Gasteiger partial charge < -0.3 is 14.7 Å². The molecule has 0 saturated carbocycles. The van der Waals surface area contributed by atoms with Crippen LogP contribution in [0.5, 0.6) is 0 Å². The molecule has 0 unspecified atom stereocenters. The van der Waals surface area contributed by atoms with E-state index in [2.05, 4.69) is 25.4 Å². The van der Waals surface area contributed by atoms with Gasteiger partial charge in [-0.25, -0.2) is 0 Å². The molecule has 0 aromatic heterocycles. The van der Waals surface area contributed by atoms with E-state index < -0.39 is 7.32 Å². The van der Waals surface area contributed by atoms with Gasteiger partial charge in [-0.2, -0.15) is 0 Å². The highest BCUT2D eigenvalue weighted by molar-refractivity contribution is 6.32. The summed E-state index contributed by atoms with van der Waals surface area (Å²) in [6.45, 7) is 6.84. The molecule has 0 amide bonds. The maximum absolute atomic E-state index is 8.32. The lowest BCUT2D eigenvalue weighted by Crippen LogP contribution is -2.18. The van der Waals surface area contributed by atoms with Crippen molar-refractivity contribution in [3.8, 4) is 0 Å². The summed E-state index contributed by atoms with van der Waals surface area (Å²) in [6, 6.07) is 0. The Kier molecular flexibility index (Phi) is 4.72. The van der Waals surface area contributed by atoms with E-state index in [1.807, 2.05) is 0 Å². The fraction of sp³-hybridized carbons (Fsp3) is 1.00. The van der Waals surface area contributed by atoms with Crippen LogP contribution < -0.4 is 0 Å². The van der Waals surface area contributed by atoms with Crippen LogP contribution in [0.15, 0.2) is 0 Å². The van der Waals surface area contributed by atoms with Gasteiger partial charge in [0, 0.05) is 6.61 Å². The lowest BCUT2D eigenvalue weighted by Gasteiger charge is -2.17. The van der Waals surface area contributed by atoms with E-state index in [0.29, 0.717) is 12.0 Å². The van der Waals surface area contributed by atoms with Crippen molar-refractivity contribution in [1.29, 1.82) is 0 Å². The molecule has 0 saturated heterocycles. The molecule has 0 bridgehead atoms. The maximum Gasteiger partial charge on any atom is 0.633 e. The maximum atomic E-state index is 8.32. The molecule has 0 spiro atoms. The minimum atomic E-state index is -1.62. The average molecular weight is 160 g/mol. The molecule has 0 aliphatic heterocycles. The Morgan fingerprint density at radius 1 is 1.27 bits per heavy atom. The van der Waals surface area contributed by atoms with Gasteiger partial charge in [-0.05, 0) is 18.3 Å². The summed E-state index contributed by atoms with van der Waals surface area (Å²) in [5.74, 6) is 0. The molecule has 66 valence electrons. The summed E-state index contributed by atoms with van der Waals surface area (Å²) in [4.78, 5) is 0. The molecular formula is C7H17BO3. The van der Waals surface area contributed by atoms with Crippen molar-refractivity contribution in [2.24, 2.45) is 5.41 Å². The lowest BCUT2D eigenvalue weighted by atomic mass is 9.91. The smallest absolute Gasteiger partial charge is 0.402 e. The van der Waals surface area contributed by atoms with Crippen LogP contribution in [-0.2, 0) is 4.65 Å². The average Bonchev–Trinajstić information content (AvgIpc) is 1.78. The first-order valence-corrected chi connectivity index (χ1v) is 3.89. The van der Waals surface area contributed by atoms with Crippen LogP contribution in [0.2, 0.25) is 0 Å². The van der Waals surface area contributed by atoms with Crippen molar-refractivity contribution in [3.05, 3.63) is 0 Å². The Morgan fingerprint density at radius 3 is 2.18 bits per heavy atom. The van der Waals surface area contributed by atoms with Crippen LogP contribution in [0.4, 0.5) is 0 Å². The molecule has 0 aliphatic rings. The first-order valence-electron chi connectivity index (χ1n) is 3.89. The Labute approximate surface area is 68.6 Å². The summed E-state index contributed by atoms with van der Waals surface area (Å²) in [5, 5.41) is 16.6. The van der Waals surface area contributed by atoms with Gasteiger partial charge in [-0.3, -0.25) is 0 Å². The Balaban J connectivity index is 3.15. The van der Waals surface area contributed by atoms with Gasteiger partial charge in [-0.15, -0.1) is 0 Å². The topological polar surface area (TPSA) is 49.7 Å². The van der Waals surface area contributed by atoms with E-state index in [9.17, 15) is 0 Å². The molecule has 2 N–H and O–H groups in total. The fourth-order valence-corrected chi connectivity index (χ4v) is 0.791. The third kappa shape index (κ3) is 9.94. The zero-order valence-corrected chi connectivity index (χ0v) is 7.50. The van der Waals surface area contributed by atoms with E-state index in [4.69, 9.17) is 10.0 Å². The second-order valence-corrected chi connectivity index (χ2v) is 3.86. The molecule has 0 aromatic carbocycles. The summed E-state index contributed by atoms with van der Waals surface area (Å²) in [7, 11) is -1.62. The quantitative estimate of drug-likeness (QED) is 0.472. The van der Waals surface area contributed by atoms with E-state index >= 15 is 0 Å². The van der Waals surface area contributed by atoms with Gasteiger partial charge in [0.15, 0.2) is 0 Å². The normalized spacial score (nSPS) is 11.7. The summed E-state index contributed by atoms with van der Waals surface area (Å²) >= 11 is 0. The molecule has 0 rings (SSSR count). The zero-order chi connectivity index (χ0) is 8.91. The predicted molar refractivity (Wildman–Crippen MR) is 44.8 cm³/mol. The van der Waals surface area contributed by atoms with Crippen molar-refractivity contribution in [1.82, 2.24) is 0 Å². The molecule has 0 fully saturated rings. The summed E-state index contributed by atoms with van der Waals surface area (Å²) < 4.78 is 4.55. The first kappa shape index (κ1) is 10.9. The minimum absolute atomic E-state index is 0.295. The molecular weight excluding hydrogens is 143 g/mol. The summed E-state index contributed by atoms with van der Waals surface area (Å²) in [6.07, 6.45) is 1.89. The minimum Gasteiger partial charge on any atom is -0.402 e. The van der Waals surface area contributed by atoms with Gasteiger partial charge in [0.25, 0.3) is 0 Å². The third-order valence-electron chi connectivity index (χ3n) is 1.34. The van der Waals surface area contributed by atoms with Crippen molar-refractivity contribution in [3.63, 3.8) is 0 Å². The lowest BCUT2D eigenvalue weighted by molar-refractivity contribution is 0.173. The van der Waals surface area contributed by atoms with Gasteiger partial charge >= 0.3 is 7.32 Å². The van der Waals surface area contributed by atoms with Crippen molar-refractivity contribution in [2.75, 3.05) is 6.61 Å². The molecule has 4 heteroatoms.